The largest absolute Gasteiger partial charge is 0.378 e. The molecule has 0 saturated heterocycles. The average molecular weight is 295 g/mol. The highest BCUT2D eigenvalue weighted by molar-refractivity contribution is 6.05. The van der Waals surface area contributed by atoms with Crippen molar-refractivity contribution < 1.29 is 4.79 Å². The predicted octanol–water partition coefficient (Wildman–Crippen LogP) is 3.56. The summed E-state index contributed by atoms with van der Waals surface area (Å²) in [6, 6.07) is 7.99. The SMILES string of the molecule is CC(C)c1cnc(C(=O)/C=C/c2ccc(N(C)C)cc2)cn1. The van der Waals surface area contributed by atoms with Gasteiger partial charge >= 0.3 is 0 Å². The van der Waals surface area contributed by atoms with E-state index in [0.717, 1.165) is 16.9 Å². The van der Waals surface area contributed by atoms with Crippen LogP contribution in [-0.2, 0) is 0 Å². The Hall–Kier alpha value is -2.49. The molecule has 0 aliphatic rings. The molecular weight excluding hydrogens is 274 g/mol. The lowest BCUT2D eigenvalue weighted by molar-refractivity contribution is 0.104. The summed E-state index contributed by atoms with van der Waals surface area (Å²) >= 11 is 0. The first kappa shape index (κ1) is 15.9. The van der Waals surface area contributed by atoms with Gasteiger partial charge in [0.15, 0.2) is 0 Å². The second-order valence-electron chi connectivity index (χ2n) is 5.66. The molecule has 0 amide bonds. The van der Waals surface area contributed by atoms with Crippen LogP contribution in [0.1, 0.15) is 41.5 Å². The first-order valence-electron chi connectivity index (χ1n) is 7.29. The van der Waals surface area contributed by atoms with E-state index in [1.165, 1.54) is 12.3 Å². The molecule has 0 fully saturated rings. The minimum Gasteiger partial charge on any atom is -0.378 e. The maximum atomic E-state index is 12.1. The maximum absolute atomic E-state index is 12.1. The minimum atomic E-state index is -0.139. The Morgan fingerprint density at radius 2 is 1.77 bits per heavy atom. The van der Waals surface area contributed by atoms with E-state index in [2.05, 4.69) is 9.97 Å². The quantitative estimate of drug-likeness (QED) is 0.625. The van der Waals surface area contributed by atoms with E-state index in [-0.39, 0.29) is 5.78 Å². The van der Waals surface area contributed by atoms with Gasteiger partial charge < -0.3 is 4.90 Å². The zero-order chi connectivity index (χ0) is 16.1. The summed E-state index contributed by atoms with van der Waals surface area (Å²) in [5, 5.41) is 0. The summed E-state index contributed by atoms with van der Waals surface area (Å²) in [5.74, 6) is 0.168. The van der Waals surface area contributed by atoms with Crippen LogP contribution in [0.5, 0.6) is 0 Å². The molecule has 0 spiro atoms. The summed E-state index contributed by atoms with van der Waals surface area (Å²) in [7, 11) is 3.99. The van der Waals surface area contributed by atoms with Gasteiger partial charge in [0.25, 0.3) is 0 Å². The van der Waals surface area contributed by atoms with Crippen molar-refractivity contribution in [3.05, 3.63) is 59.7 Å². The molecule has 0 N–H and O–H groups in total. The third-order valence-electron chi connectivity index (χ3n) is 3.35. The van der Waals surface area contributed by atoms with Crippen LogP contribution in [0.15, 0.2) is 42.7 Å². The normalized spacial score (nSPS) is 11.1. The molecule has 4 heteroatoms. The van der Waals surface area contributed by atoms with E-state index in [9.17, 15) is 4.79 Å². The summed E-state index contributed by atoms with van der Waals surface area (Å²) < 4.78 is 0. The van der Waals surface area contributed by atoms with Gasteiger partial charge in [0.05, 0.1) is 11.9 Å². The van der Waals surface area contributed by atoms with E-state index >= 15 is 0 Å². The lowest BCUT2D eigenvalue weighted by Gasteiger charge is -2.11. The van der Waals surface area contributed by atoms with Crippen molar-refractivity contribution in [3.63, 3.8) is 0 Å². The highest BCUT2D eigenvalue weighted by Crippen LogP contribution is 2.14. The van der Waals surface area contributed by atoms with E-state index in [1.807, 2.05) is 57.1 Å². The third kappa shape index (κ3) is 4.01. The van der Waals surface area contributed by atoms with Crippen LogP contribution in [0, 0.1) is 0 Å². The molecule has 0 radical (unpaired) electrons. The van der Waals surface area contributed by atoms with Gasteiger partial charge in [-0.25, -0.2) is 4.98 Å². The van der Waals surface area contributed by atoms with Gasteiger partial charge in [-0.15, -0.1) is 0 Å². The van der Waals surface area contributed by atoms with E-state index in [0.29, 0.717) is 11.6 Å². The van der Waals surface area contributed by atoms with Gasteiger partial charge in [-0.3, -0.25) is 9.78 Å². The fraction of sp³-hybridized carbons (Fsp3) is 0.278. The van der Waals surface area contributed by atoms with Crippen LogP contribution in [0.25, 0.3) is 6.08 Å². The third-order valence-corrected chi connectivity index (χ3v) is 3.35. The molecule has 1 heterocycles. The Kier molecular flexibility index (Phi) is 5.04. The average Bonchev–Trinajstić information content (AvgIpc) is 2.53. The van der Waals surface area contributed by atoms with Gasteiger partial charge in [0.1, 0.15) is 5.69 Å². The molecule has 0 aliphatic carbocycles. The number of carbonyl (C=O) groups is 1. The second-order valence-corrected chi connectivity index (χ2v) is 5.66. The van der Waals surface area contributed by atoms with Gasteiger partial charge in [-0.2, -0.15) is 0 Å². The lowest BCUT2D eigenvalue weighted by Crippen LogP contribution is -2.07. The predicted molar refractivity (Wildman–Crippen MR) is 90.3 cm³/mol. The zero-order valence-electron chi connectivity index (χ0n) is 13.4. The smallest absolute Gasteiger partial charge is 0.205 e. The van der Waals surface area contributed by atoms with Crippen molar-refractivity contribution in [2.45, 2.75) is 19.8 Å². The van der Waals surface area contributed by atoms with Crippen molar-refractivity contribution in [1.82, 2.24) is 9.97 Å². The Bertz CT molecular complexity index is 656. The van der Waals surface area contributed by atoms with Crippen molar-refractivity contribution in [2.24, 2.45) is 0 Å². The molecule has 114 valence electrons. The molecule has 0 bridgehead atoms. The Labute approximate surface area is 131 Å². The van der Waals surface area contributed by atoms with Gasteiger partial charge in [-0.1, -0.05) is 32.1 Å². The summed E-state index contributed by atoms with van der Waals surface area (Å²) in [6.45, 7) is 4.09. The highest BCUT2D eigenvalue weighted by atomic mass is 16.1. The Morgan fingerprint density at radius 3 is 2.27 bits per heavy atom. The summed E-state index contributed by atoms with van der Waals surface area (Å²) in [4.78, 5) is 22.6. The van der Waals surface area contributed by atoms with Gasteiger partial charge in [0.2, 0.25) is 5.78 Å². The first-order chi connectivity index (χ1) is 10.5. The van der Waals surface area contributed by atoms with Crippen LogP contribution in [0.2, 0.25) is 0 Å². The molecule has 2 rings (SSSR count). The number of ketones is 1. The number of hydrogen-bond acceptors (Lipinski definition) is 4. The van der Waals surface area contributed by atoms with Crippen LogP contribution >= 0.6 is 0 Å². The van der Waals surface area contributed by atoms with Gasteiger partial charge in [-0.05, 0) is 29.7 Å². The minimum absolute atomic E-state index is 0.139. The van der Waals surface area contributed by atoms with Crippen molar-refractivity contribution in [3.8, 4) is 0 Å². The molecule has 0 atom stereocenters. The number of hydrogen-bond donors (Lipinski definition) is 0. The van der Waals surface area contributed by atoms with Crippen LogP contribution in [0.3, 0.4) is 0 Å². The topological polar surface area (TPSA) is 46.1 Å². The monoisotopic (exact) mass is 295 g/mol. The van der Waals surface area contributed by atoms with Crippen LogP contribution in [0.4, 0.5) is 5.69 Å². The molecular formula is C18H21N3O. The number of allylic oxidation sites excluding steroid dienone is 1. The number of anilines is 1. The summed E-state index contributed by atoms with van der Waals surface area (Å²) in [6.07, 6.45) is 6.53. The molecule has 1 aromatic carbocycles. The molecule has 0 unspecified atom stereocenters. The fourth-order valence-electron chi connectivity index (χ4n) is 1.90. The van der Waals surface area contributed by atoms with E-state index in [4.69, 9.17) is 0 Å². The first-order valence-corrected chi connectivity index (χ1v) is 7.29. The Morgan fingerprint density at radius 1 is 1.09 bits per heavy atom. The van der Waals surface area contributed by atoms with Crippen molar-refractivity contribution >= 4 is 17.5 Å². The number of rotatable bonds is 5. The molecule has 2 aromatic rings. The molecule has 1 aromatic heterocycles. The van der Waals surface area contributed by atoms with E-state index in [1.54, 1.807) is 12.3 Å². The number of benzene rings is 1. The summed E-state index contributed by atoms with van der Waals surface area (Å²) in [5.41, 5.74) is 3.36. The van der Waals surface area contributed by atoms with Gasteiger partial charge in [0, 0.05) is 26.0 Å². The molecule has 0 saturated carbocycles. The van der Waals surface area contributed by atoms with Crippen LogP contribution < -0.4 is 4.90 Å². The zero-order valence-corrected chi connectivity index (χ0v) is 13.4. The highest BCUT2D eigenvalue weighted by Gasteiger charge is 2.06. The standard InChI is InChI=1S/C18H21N3O/c1-13(2)16-11-20-17(12-19-16)18(22)10-7-14-5-8-15(9-6-14)21(3)4/h5-13H,1-4H3/b10-7+. The number of aromatic nitrogens is 2. The lowest BCUT2D eigenvalue weighted by atomic mass is 10.1. The molecule has 4 nitrogen and oxygen atoms in total. The van der Waals surface area contributed by atoms with Crippen molar-refractivity contribution in [2.75, 3.05) is 19.0 Å². The van der Waals surface area contributed by atoms with Crippen LogP contribution in [-0.4, -0.2) is 29.8 Å². The molecule has 22 heavy (non-hydrogen) atoms. The number of nitrogens with zero attached hydrogens (tertiary/aromatic N) is 3. The van der Waals surface area contributed by atoms with E-state index < -0.39 is 0 Å². The Balaban J connectivity index is 2.07. The van der Waals surface area contributed by atoms with Crippen molar-refractivity contribution in [1.29, 1.82) is 0 Å². The number of carbonyl (C=O) groups excluding carboxylic acids is 1. The second kappa shape index (κ2) is 6.98. The fourth-order valence-corrected chi connectivity index (χ4v) is 1.90. The molecule has 0 aliphatic heterocycles. The maximum Gasteiger partial charge on any atom is 0.205 e.